The molecule has 1 aliphatic carbocycles. The highest BCUT2D eigenvalue weighted by molar-refractivity contribution is 7.10. The van der Waals surface area contributed by atoms with Crippen LogP contribution in [0.2, 0.25) is 0 Å². The number of fused-ring (bicyclic) bond motifs is 1. The molecular weight excluding hydrogens is 336 g/mol. The van der Waals surface area contributed by atoms with Gasteiger partial charge in [-0.2, -0.15) is 0 Å². The molecule has 1 atom stereocenters. The van der Waals surface area contributed by atoms with E-state index < -0.39 is 0 Å². The van der Waals surface area contributed by atoms with Crippen molar-refractivity contribution in [2.75, 3.05) is 17.7 Å². The van der Waals surface area contributed by atoms with E-state index in [9.17, 15) is 9.59 Å². The van der Waals surface area contributed by atoms with Gasteiger partial charge in [0.25, 0.3) is 5.91 Å². The second kappa shape index (κ2) is 7.27. The summed E-state index contributed by atoms with van der Waals surface area (Å²) < 4.78 is 5.24. The number of benzene rings is 1. The van der Waals surface area contributed by atoms with Crippen molar-refractivity contribution in [1.29, 1.82) is 0 Å². The number of thiophene rings is 1. The van der Waals surface area contributed by atoms with Crippen LogP contribution in [-0.4, -0.2) is 18.9 Å². The Morgan fingerprint density at radius 2 is 2.08 bits per heavy atom. The predicted molar refractivity (Wildman–Crippen MR) is 101 cm³/mol. The molecule has 1 aromatic carbocycles. The van der Waals surface area contributed by atoms with Crippen LogP contribution in [0, 0.1) is 5.92 Å². The molecule has 2 N–H and O–H groups in total. The molecule has 6 heteroatoms. The number of amides is 2. The molecule has 0 bridgehead atoms. The standard InChI is InChI=1S/C19H22N2O3S/c1-11-4-6-14-15(10-25-18(14)8-11)19(23)21-13-5-7-17(24-3)16(9-13)20-12(2)22/h5,7,9-11H,4,6,8H2,1-3H3,(H,20,22)(H,21,23). The van der Waals surface area contributed by atoms with Crippen molar-refractivity contribution in [3.63, 3.8) is 0 Å². The van der Waals surface area contributed by atoms with E-state index >= 15 is 0 Å². The fraction of sp³-hybridized carbons (Fsp3) is 0.368. The zero-order chi connectivity index (χ0) is 18.0. The van der Waals surface area contributed by atoms with Crippen LogP contribution in [0.4, 0.5) is 11.4 Å². The third-order valence-corrected chi connectivity index (χ3v) is 5.47. The molecule has 1 aromatic heterocycles. The summed E-state index contributed by atoms with van der Waals surface area (Å²) in [5.74, 6) is 0.938. The van der Waals surface area contributed by atoms with Gasteiger partial charge >= 0.3 is 0 Å². The molecule has 0 fully saturated rings. The molecule has 0 radical (unpaired) electrons. The Hall–Kier alpha value is -2.34. The molecule has 5 nitrogen and oxygen atoms in total. The number of carbonyl (C=O) groups excluding carboxylic acids is 2. The summed E-state index contributed by atoms with van der Waals surface area (Å²) in [6, 6.07) is 5.20. The first kappa shape index (κ1) is 17.5. The zero-order valence-corrected chi connectivity index (χ0v) is 15.5. The predicted octanol–water partition coefficient (Wildman–Crippen LogP) is 4.09. The lowest BCUT2D eigenvalue weighted by Gasteiger charge is -2.19. The summed E-state index contributed by atoms with van der Waals surface area (Å²) in [6.07, 6.45) is 3.14. The van der Waals surface area contributed by atoms with E-state index in [2.05, 4.69) is 17.6 Å². The molecule has 1 aliphatic rings. The van der Waals surface area contributed by atoms with E-state index in [0.29, 0.717) is 23.0 Å². The van der Waals surface area contributed by atoms with E-state index in [1.54, 1.807) is 29.5 Å². The first-order valence-electron chi connectivity index (χ1n) is 8.34. The van der Waals surface area contributed by atoms with Gasteiger partial charge in [-0.25, -0.2) is 0 Å². The lowest BCUT2D eigenvalue weighted by molar-refractivity contribution is -0.114. The summed E-state index contributed by atoms with van der Waals surface area (Å²) in [5.41, 5.74) is 3.12. The normalized spacial score (nSPS) is 16.0. The van der Waals surface area contributed by atoms with Gasteiger partial charge < -0.3 is 15.4 Å². The molecule has 0 spiro atoms. The maximum atomic E-state index is 12.7. The minimum absolute atomic E-state index is 0.106. The summed E-state index contributed by atoms with van der Waals surface area (Å²) in [4.78, 5) is 25.4. The van der Waals surface area contributed by atoms with Gasteiger partial charge in [0, 0.05) is 22.9 Å². The Kier molecular flexibility index (Phi) is 5.08. The minimum atomic E-state index is -0.192. The third kappa shape index (κ3) is 3.85. The van der Waals surface area contributed by atoms with Crippen molar-refractivity contribution in [2.24, 2.45) is 5.92 Å². The first-order chi connectivity index (χ1) is 12.0. The number of methoxy groups -OCH3 is 1. The molecule has 0 saturated heterocycles. The summed E-state index contributed by atoms with van der Waals surface area (Å²) in [7, 11) is 1.54. The molecule has 1 unspecified atom stereocenters. The van der Waals surface area contributed by atoms with Gasteiger partial charge in [0.2, 0.25) is 5.91 Å². The zero-order valence-electron chi connectivity index (χ0n) is 14.6. The molecule has 132 valence electrons. The number of nitrogens with one attached hydrogen (secondary N) is 2. The Morgan fingerprint density at radius 1 is 1.28 bits per heavy atom. The Balaban J connectivity index is 1.81. The molecule has 25 heavy (non-hydrogen) atoms. The molecule has 3 rings (SSSR count). The molecule has 1 heterocycles. The Morgan fingerprint density at radius 3 is 2.80 bits per heavy atom. The van der Waals surface area contributed by atoms with Crippen molar-refractivity contribution in [3.8, 4) is 5.75 Å². The summed E-state index contributed by atoms with van der Waals surface area (Å²) in [6.45, 7) is 3.69. The first-order valence-corrected chi connectivity index (χ1v) is 9.22. The average Bonchev–Trinajstić information content (AvgIpc) is 2.97. The van der Waals surface area contributed by atoms with Crippen LogP contribution in [-0.2, 0) is 17.6 Å². The van der Waals surface area contributed by atoms with Crippen molar-refractivity contribution in [2.45, 2.75) is 33.1 Å². The lowest BCUT2D eigenvalue weighted by atomic mass is 9.88. The van der Waals surface area contributed by atoms with Crippen LogP contribution in [0.1, 0.15) is 41.1 Å². The van der Waals surface area contributed by atoms with E-state index in [1.807, 2.05) is 5.38 Å². The molecular formula is C19H22N2O3S. The largest absolute Gasteiger partial charge is 0.495 e. The van der Waals surface area contributed by atoms with Crippen LogP contribution in [0.3, 0.4) is 0 Å². The minimum Gasteiger partial charge on any atom is -0.495 e. The van der Waals surface area contributed by atoms with Crippen molar-refractivity contribution >= 4 is 34.5 Å². The fourth-order valence-corrected chi connectivity index (χ4v) is 4.38. The Bertz CT molecular complexity index is 813. The van der Waals surface area contributed by atoms with Gasteiger partial charge in [-0.15, -0.1) is 11.3 Å². The van der Waals surface area contributed by atoms with Crippen LogP contribution in [0.5, 0.6) is 5.75 Å². The van der Waals surface area contributed by atoms with E-state index in [1.165, 1.54) is 24.5 Å². The van der Waals surface area contributed by atoms with Gasteiger partial charge in [0.05, 0.1) is 18.4 Å². The van der Waals surface area contributed by atoms with Crippen LogP contribution in [0.25, 0.3) is 0 Å². The summed E-state index contributed by atoms with van der Waals surface area (Å²) >= 11 is 1.67. The van der Waals surface area contributed by atoms with Crippen molar-refractivity contribution < 1.29 is 14.3 Å². The number of anilines is 2. The fourth-order valence-electron chi connectivity index (χ4n) is 3.14. The average molecular weight is 358 g/mol. The smallest absolute Gasteiger partial charge is 0.256 e. The highest BCUT2D eigenvalue weighted by Gasteiger charge is 2.23. The monoisotopic (exact) mass is 358 g/mol. The SMILES string of the molecule is COc1ccc(NC(=O)c2csc3c2CCC(C)C3)cc1NC(C)=O. The van der Waals surface area contributed by atoms with Gasteiger partial charge in [-0.05, 0) is 48.9 Å². The highest BCUT2D eigenvalue weighted by Crippen LogP contribution is 2.34. The third-order valence-electron chi connectivity index (χ3n) is 4.41. The van der Waals surface area contributed by atoms with Crippen LogP contribution in [0.15, 0.2) is 23.6 Å². The molecule has 2 amide bonds. The number of hydrogen-bond acceptors (Lipinski definition) is 4. The van der Waals surface area contributed by atoms with Gasteiger partial charge in [0.15, 0.2) is 0 Å². The quantitative estimate of drug-likeness (QED) is 0.865. The molecule has 2 aromatic rings. The van der Waals surface area contributed by atoms with E-state index in [4.69, 9.17) is 4.74 Å². The second-order valence-corrected chi connectivity index (χ2v) is 7.41. The van der Waals surface area contributed by atoms with Gasteiger partial charge in [-0.1, -0.05) is 6.92 Å². The maximum Gasteiger partial charge on any atom is 0.256 e. The molecule has 0 saturated carbocycles. The van der Waals surface area contributed by atoms with Gasteiger partial charge in [0.1, 0.15) is 5.75 Å². The van der Waals surface area contributed by atoms with Crippen molar-refractivity contribution in [3.05, 3.63) is 39.6 Å². The molecule has 0 aliphatic heterocycles. The van der Waals surface area contributed by atoms with Crippen LogP contribution < -0.4 is 15.4 Å². The number of hydrogen-bond donors (Lipinski definition) is 2. The van der Waals surface area contributed by atoms with Gasteiger partial charge in [-0.3, -0.25) is 9.59 Å². The number of carbonyl (C=O) groups is 2. The van der Waals surface area contributed by atoms with E-state index in [0.717, 1.165) is 24.8 Å². The number of ether oxygens (including phenoxy) is 1. The topological polar surface area (TPSA) is 67.4 Å². The maximum absolute atomic E-state index is 12.7. The lowest BCUT2D eigenvalue weighted by Crippen LogP contribution is -2.16. The highest BCUT2D eigenvalue weighted by atomic mass is 32.1. The second-order valence-electron chi connectivity index (χ2n) is 6.45. The summed E-state index contributed by atoms with van der Waals surface area (Å²) in [5, 5.41) is 7.60. The van der Waals surface area contributed by atoms with E-state index in [-0.39, 0.29) is 11.8 Å². The number of rotatable bonds is 4. The Labute approximate surface area is 151 Å². The van der Waals surface area contributed by atoms with Crippen molar-refractivity contribution in [1.82, 2.24) is 0 Å². The van der Waals surface area contributed by atoms with Crippen LogP contribution >= 0.6 is 11.3 Å².